The molecule has 0 fully saturated rings. The van der Waals surface area contributed by atoms with Gasteiger partial charge in [0.25, 0.3) is 0 Å². The van der Waals surface area contributed by atoms with E-state index in [2.05, 4.69) is 13.8 Å². The first-order chi connectivity index (χ1) is 10.7. The van der Waals surface area contributed by atoms with Crippen molar-refractivity contribution in [3.63, 3.8) is 0 Å². The first kappa shape index (κ1) is 19.6. The van der Waals surface area contributed by atoms with Gasteiger partial charge in [0.1, 0.15) is 6.10 Å². The Bertz CT molecular complexity index is 559. The molecular formula is C20H30O3. The summed E-state index contributed by atoms with van der Waals surface area (Å²) < 4.78 is 0. The Morgan fingerprint density at radius 2 is 1.83 bits per heavy atom. The maximum absolute atomic E-state index is 10.1. The van der Waals surface area contributed by atoms with Crippen LogP contribution in [0, 0.1) is 5.41 Å². The summed E-state index contributed by atoms with van der Waals surface area (Å²) in [6, 6.07) is 0. The van der Waals surface area contributed by atoms with Crippen LogP contribution in [-0.2, 0) is 0 Å². The van der Waals surface area contributed by atoms with Crippen molar-refractivity contribution in [2.45, 2.75) is 53.2 Å². The van der Waals surface area contributed by atoms with Gasteiger partial charge in [-0.1, -0.05) is 61.4 Å². The van der Waals surface area contributed by atoms with Gasteiger partial charge in [-0.2, -0.15) is 0 Å². The Morgan fingerprint density at radius 3 is 2.43 bits per heavy atom. The van der Waals surface area contributed by atoms with E-state index in [0.717, 1.165) is 22.3 Å². The summed E-state index contributed by atoms with van der Waals surface area (Å²) in [6.07, 6.45) is 10.8. The monoisotopic (exact) mass is 318 g/mol. The van der Waals surface area contributed by atoms with E-state index in [1.807, 2.05) is 51.2 Å². The Balaban J connectivity index is 2.92. The van der Waals surface area contributed by atoms with E-state index in [9.17, 15) is 10.2 Å². The van der Waals surface area contributed by atoms with Crippen molar-refractivity contribution < 1.29 is 15.3 Å². The van der Waals surface area contributed by atoms with E-state index in [-0.39, 0.29) is 12.0 Å². The molecule has 2 unspecified atom stereocenters. The van der Waals surface area contributed by atoms with Crippen LogP contribution >= 0.6 is 0 Å². The molecule has 0 radical (unpaired) electrons. The van der Waals surface area contributed by atoms with Gasteiger partial charge in [-0.05, 0) is 43.8 Å². The first-order valence-electron chi connectivity index (χ1n) is 8.07. The van der Waals surface area contributed by atoms with Crippen LogP contribution in [0.3, 0.4) is 0 Å². The van der Waals surface area contributed by atoms with Gasteiger partial charge in [-0.15, -0.1) is 0 Å². The summed E-state index contributed by atoms with van der Waals surface area (Å²) >= 11 is 0. The zero-order valence-electron chi connectivity index (χ0n) is 14.9. The van der Waals surface area contributed by atoms with E-state index in [1.165, 1.54) is 0 Å². The van der Waals surface area contributed by atoms with Gasteiger partial charge in [0, 0.05) is 0 Å². The predicted octanol–water partition coefficient (Wildman–Crippen LogP) is 3.45. The van der Waals surface area contributed by atoms with Gasteiger partial charge in [0.2, 0.25) is 0 Å². The first-order valence-corrected chi connectivity index (χ1v) is 8.07. The van der Waals surface area contributed by atoms with Crippen molar-refractivity contribution in [3.05, 3.63) is 58.7 Å². The van der Waals surface area contributed by atoms with Gasteiger partial charge >= 0.3 is 0 Å². The molecular weight excluding hydrogens is 288 g/mol. The van der Waals surface area contributed by atoms with Crippen molar-refractivity contribution in [2.24, 2.45) is 5.41 Å². The van der Waals surface area contributed by atoms with E-state index >= 15 is 0 Å². The van der Waals surface area contributed by atoms with E-state index in [0.29, 0.717) is 6.42 Å². The summed E-state index contributed by atoms with van der Waals surface area (Å²) in [5, 5.41) is 28.8. The maximum atomic E-state index is 10.1. The molecule has 3 heteroatoms. The van der Waals surface area contributed by atoms with Crippen molar-refractivity contribution in [1.82, 2.24) is 0 Å². The fourth-order valence-electron chi connectivity index (χ4n) is 2.92. The van der Waals surface area contributed by atoms with Crippen LogP contribution in [0.4, 0.5) is 0 Å². The number of allylic oxidation sites excluding steroid dienone is 8. The second kappa shape index (κ2) is 8.44. The van der Waals surface area contributed by atoms with Crippen LogP contribution in [0.25, 0.3) is 0 Å². The molecule has 0 saturated carbocycles. The van der Waals surface area contributed by atoms with Crippen molar-refractivity contribution in [3.8, 4) is 0 Å². The van der Waals surface area contributed by atoms with Crippen molar-refractivity contribution in [2.75, 3.05) is 6.61 Å². The Hall–Kier alpha value is -1.42. The number of rotatable bonds is 5. The van der Waals surface area contributed by atoms with Gasteiger partial charge in [-0.3, -0.25) is 0 Å². The summed E-state index contributed by atoms with van der Waals surface area (Å²) in [7, 11) is 0. The van der Waals surface area contributed by atoms with Crippen LogP contribution in [0.1, 0.15) is 41.0 Å². The third kappa shape index (κ3) is 5.61. The second-order valence-corrected chi connectivity index (χ2v) is 6.93. The molecule has 0 bridgehead atoms. The minimum Gasteiger partial charge on any atom is -0.392 e. The highest BCUT2D eigenvalue weighted by molar-refractivity contribution is 5.39. The average Bonchev–Trinajstić information content (AvgIpc) is 2.44. The normalized spacial score (nSPS) is 26.6. The summed E-state index contributed by atoms with van der Waals surface area (Å²) in [6.45, 7) is 10.1. The lowest BCUT2D eigenvalue weighted by Crippen LogP contribution is -2.38. The van der Waals surface area contributed by atoms with Crippen LogP contribution in [0.2, 0.25) is 0 Å². The lowest BCUT2D eigenvalue weighted by Gasteiger charge is -2.38. The molecule has 0 heterocycles. The van der Waals surface area contributed by atoms with Crippen LogP contribution in [0.15, 0.2) is 58.7 Å². The number of aliphatic hydroxyl groups excluding tert-OH is 3. The van der Waals surface area contributed by atoms with E-state index in [1.54, 1.807) is 6.08 Å². The summed E-state index contributed by atoms with van der Waals surface area (Å²) in [5.74, 6) is 0. The number of hydrogen-bond acceptors (Lipinski definition) is 3. The number of hydrogen-bond donors (Lipinski definition) is 3. The molecule has 0 aliphatic heterocycles. The highest BCUT2D eigenvalue weighted by Gasteiger charge is 2.36. The third-order valence-corrected chi connectivity index (χ3v) is 4.33. The molecule has 3 N–H and O–H groups in total. The van der Waals surface area contributed by atoms with Crippen molar-refractivity contribution >= 4 is 0 Å². The summed E-state index contributed by atoms with van der Waals surface area (Å²) in [5.41, 5.74) is 3.88. The van der Waals surface area contributed by atoms with Crippen LogP contribution < -0.4 is 0 Å². The average molecular weight is 318 g/mol. The molecule has 0 saturated heterocycles. The zero-order valence-corrected chi connectivity index (χ0v) is 14.9. The van der Waals surface area contributed by atoms with Gasteiger partial charge < -0.3 is 15.3 Å². The summed E-state index contributed by atoms with van der Waals surface area (Å²) in [4.78, 5) is 0. The molecule has 0 aromatic carbocycles. The number of aliphatic hydroxyl groups is 3. The molecule has 1 rings (SSSR count). The topological polar surface area (TPSA) is 60.7 Å². The molecule has 0 aromatic rings. The minimum atomic E-state index is -0.780. The third-order valence-electron chi connectivity index (χ3n) is 4.33. The lowest BCUT2D eigenvalue weighted by molar-refractivity contribution is 0.00686. The van der Waals surface area contributed by atoms with E-state index in [4.69, 9.17) is 5.11 Å². The largest absolute Gasteiger partial charge is 0.392 e. The molecule has 1 aliphatic rings. The fraction of sp³-hybridized carbons (Fsp3) is 0.500. The van der Waals surface area contributed by atoms with Crippen LogP contribution in [-0.4, -0.2) is 34.1 Å². The zero-order chi connectivity index (χ0) is 17.6. The second-order valence-electron chi connectivity index (χ2n) is 6.93. The Labute approximate surface area is 140 Å². The molecule has 3 nitrogen and oxygen atoms in total. The Kier molecular flexibility index (Phi) is 7.20. The fourth-order valence-corrected chi connectivity index (χ4v) is 2.92. The molecule has 128 valence electrons. The minimum absolute atomic E-state index is 0.0511. The molecule has 23 heavy (non-hydrogen) atoms. The highest BCUT2D eigenvalue weighted by Crippen LogP contribution is 2.41. The molecule has 0 amide bonds. The lowest BCUT2D eigenvalue weighted by atomic mass is 9.70. The smallest absolute Gasteiger partial charge is 0.101 e. The van der Waals surface area contributed by atoms with Crippen LogP contribution in [0.5, 0.6) is 0 Å². The van der Waals surface area contributed by atoms with E-state index < -0.39 is 12.2 Å². The van der Waals surface area contributed by atoms with Gasteiger partial charge in [-0.25, -0.2) is 0 Å². The Morgan fingerprint density at radius 1 is 1.17 bits per heavy atom. The predicted molar refractivity (Wildman–Crippen MR) is 96.0 cm³/mol. The highest BCUT2D eigenvalue weighted by atomic mass is 16.3. The van der Waals surface area contributed by atoms with Gasteiger partial charge in [0.05, 0.1) is 12.7 Å². The van der Waals surface area contributed by atoms with Crippen molar-refractivity contribution in [1.29, 1.82) is 0 Å². The molecule has 1 aliphatic carbocycles. The standard InChI is InChI=1S/C20H30O3/c1-14(7-6-8-15(2)11-12-21)9-10-17-16(3)19(23)18(22)13-20(17,4)5/h6-11,18-19,21-23H,12-13H2,1-5H3. The SMILES string of the molecule is CC(C=CC1=C(C)C(O)C(O)CC1(C)C)=CC=CC(C)=CCO. The van der Waals surface area contributed by atoms with Gasteiger partial charge in [0.15, 0.2) is 0 Å². The molecule has 2 atom stereocenters. The molecule has 0 spiro atoms. The molecule has 0 aromatic heterocycles. The quantitative estimate of drug-likeness (QED) is 0.680. The maximum Gasteiger partial charge on any atom is 0.101 e.